The highest BCUT2D eigenvalue weighted by Crippen LogP contribution is 1.99. The highest BCUT2D eigenvalue weighted by molar-refractivity contribution is 5.77. The van der Waals surface area contributed by atoms with Crippen molar-refractivity contribution in [1.29, 1.82) is 0 Å². The predicted molar refractivity (Wildman–Crippen MR) is 61.5 cm³/mol. The molecule has 0 aromatic rings. The number of hydrogen-bond acceptors (Lipinski definition) is 5. The van der Waals surface area contributed by atoms with E-state index in [-0.39, 0.29) is 17.9 Å². The monoisotopic (exact) mass is 244 g/mol. The van der Waals surface area contributed by atoms with E-state index in [9.17, 15) is 9.59 Å². The van der Waals surface area contributed by atoms with E-state index in [4.69, 9.17) is 4.74 Å². The molecule has 0 bridgehead atoms. The lowest BCUT2D eigenvalue weighted by Gasteiger charge is -2.27. The van der Waals surface area contributed by atoms with E-state index < -0.39 is 0 Å². The maximum atomic E-state index is 11.7. The molecule has 1 amide bonds. The van der Waals surface area contributed by atoms with E-state index in [0.29, 0.717) is 39.3 Å². The van der Waals surface area contributed by atoms with Crippen LogP contribution in [0.4, 0.5) is 0 Å². The van der Waals surface area contributed by atoms with E-state index in [0.717, 1.165) is 0 Å². The quantitative estimate of drug-likeness (QED) is 0.653. The third-order valence-electron chi connectivity index (χ3n) is 2.71. The maximum absolute atomic E-state index is 11.7. The molecular formula is C11H20N2O4. The standard InChI is InChI=1S/C11H20N2O4/c1-9(11(15)16-2)12-4-3-10(14)13-5-7-17-8-6-13/h9,12H,3-8H2,1-2H3. The zero-order valence-electron chi connectivity index (χ0n) is 10.4. The van der Waals surface area contributed by atoms with Gasteiger partial charge in [0.15, 0.2) is 0 Å². The first-order valence-electron chi connectivity index (χ1n) is 5.82. The van der Waals surface area contributed by atoms with Gasteiger partial charge in [0.05, 0.1) is 20.3 Å². The number of ether oxygens (including phenoxy) is 2. The van der Waals surface area contributed by atoms with Crippen LogP contribution in [0.25, 0.3) is 0 Å². The molecule has 1 atom stereocenters. The van der Waals surface area contributed by atoms with Gasteiger partial charge >= 0.3 is 5.97 Å². The molecule has 0 radical (unpaired) electrons. The first-order chi connectivity index (χ1) is 8.15. The van der Waals surface area contributed by atoms with Gasteiger partial charge in [-0.2, -0.15) is 0 Å². The van der Waals surface area contributed by atoms with Crippen molar-refractivity contribution in [2.24, 2.45) is 0 Å². The van der Waals surface area contributed by atoms with Crippen LogP contribution in [0, 0.1) is 0 Å². The van der Waals surface area contributed by atoms with Crippen molar-refractivity contribution in [2.75, 3.05) is 40.0 Å². The summed E-state index contributed by atoms with van der Waals surface area (Å²) in [5.41, 5.74) is 0. The number of hydrogen-bond donors (Lipinski definition) is 1. The van der Waals surface area contributed by atoms with Gasteiger partial charge in [-0.05, 0) is 6.92 Å². The number of carbonyl (C=O) groups excluding carboxylic acids is 2. The Morgan fingerprint density at radius 3 is 2.65 bits per heavy atom. The van der Waals surface area contributed by atoms with Crippen molar-refractivity contribution in [3.05, 3.63) is 0 Å². The van der Waals surface area contributed by atoms with Crippen LogP contribution >= 0.6 is 0 Å². The Balaban J connectivity index is 2.17. The molecular weight excluding hydrogens is 224 g/mol. The van der Waals surface area contributed by atoms with Gasteiger partial charge < -0.3 is 19.7 Å². The second-order valence-corrected chi connectivity index (χ2v) is 3.94. The summed E-state index contributed by atoms with van der Waals surface area (Å²) in [6, 6.07) is -0.377. The highest BCUT2D eigenvalue weighted by Gasteiger charge is 2.17. The average Bonchev–Trinajstić information content (AvgIpc) is 2.38. The SMILES string of the molecule is COC(=O)C(C)NCCC(=O)N1CCOCC1. The second-order valence-electron chi connectivity index (χ2n) is 3.94. The van der Waals surface area contributed by atoms with Crippen LogP contribution in [0.5, 0.6) is 0 Å². The van der Waals surface area contributed by atoms with Crippen molar-refractivity contribution in [2.45, 2.75) is 19.4 Å². The fourth-order valence-electron chi connectivity index (χ4n) is 1.63. The van der Waals surface area contributed by atoms with Crippen LogP contribution in [0.15, 0.2) is 0 Å². The molecule has 0 aromatic heterocycles. The molecule has 1 unspecified atom stereocenters. The minimum Gasteiger partial charge on any atom is -0.468 e. The van der Waals surface area contributed by atoms with E-state index in [1.807, 2.05) is 0 Å². The molecule has 1 rings (SSSR count). The number of methoxy groups -OCH3 is 1. The molecule has 1 saturated heterocycles. The zero-order valence-corrected chi connectivity index (χ0v) is 10.4. The van der Waals surface area contributed by atoms with E-state index >= 15 is 0 Å². The first kappa shape index (κ1) is 13.9. The van der Waals surface area contributed by atoms with Gasteiger partial charge in [-0.3, -0.25) is 9.59 Å². The van der Waals surface area contributed by atoms with Crippen LogP contribution in [0.2, 0.25) is 0 Å². The zero-order chi connectivity index (χ0) is 12.7. The largest absolute Gasteiger partial charge is 0.468 e. The van der Waals surface area contributed by atoms with Crippen LogP contribution in [0.3, 0.4) is 0 Å². The molecule has 17 heavy (non-hydrogen) atoms. The minimum atomic E-state index is -0.377. The maximum Gasteiger partial charge on any atom is 0.322 e. The molecule has 0 aromatic carbocycles. The summed E-state index contributed by atoms with van der Waals surface area (Å²) in [6.07, 6.45) is 0.390. The Hall–Kier alpha value is -1.14. The molecule has 1 fully saturated rings. The lowest BCUT2D eigenvalue weighted by Crippen LogP contribution is -2.43. The van der Waals surface area contributed by atoms with Gasteiger partial charge in [0.25, 0.3) is 0 Å². The fourth-order valence-corrected chi connectivity index (χ4v) is 1.63. The summed E-state index contributed by atoms with van der Waals surface area (Å²) >= 11 is 0. The van der Waals surface area contributed by atoms with Gasteiger partial charge in [0, 0.05) is 26.1 Å². The Morgan fingerprint density at radius 1 is 1.41 bits per heavy atom. The molecule has 1 N–H and O–H groups in total. The summed E-state index contributed by atoms with van der Waals surface area (Å²) in [5, 5.41) is 2.95. The number of carbonyl (C=O) groups is 2. The van der Waals surface area contributed by atoms with Crippen molar-refractivity contribution >= 4 is 11.9 Å². The molecule has 6 nitrogen and oxygen atoms in total. The highest BCUT2D eigenvalue weighted by atomic mass is 16.5. The molecule has 0 aliphatic carbocycles. The van der Waals surface area contributed by atoms with Crippen molar-refractivity contribution in [1.82, 2.24) is 10.2 Å². The second kappa shape index (κ2) is 7.24. The third-order valence-corrected chi connectivity index (χ3v) is 2.71. The van der Waals surface area contributed by atoms with Gasteiger partial charge in [0.2, 0.25) is 5.91 Å². The van der Waals surface area contributed by atoms with Crippen molar-refractivity contribution in [3.8, 4) is 0 Å². The summed E-state index contributed by atoms with van der Waals surface area (Å²) in [7, 11) is 1.35. The van der Waals surface area contributed by atoms with Crippen LogP contribution in [0.1, 0.15) is 13.3 Å². The Kier molecular flexibility index (Phi) is 5.93. The number of morpholine rings is 1. The predicted octanol–water partition coefficient (Wildman–Crippen LogP) is -0.614. The number of rotatable bonds is 5. The molecule has 1 aliphatic heterocycles. The van der Waals surface area contributed by atoms with Crippen LogP contribution in [-0.4, -0.2) is 62.8 Å². The lowest BCUT2D eigenvalue weighted by atomic mass is 10.3. The van der Waals surface area contributed by atoms with Crippen molar-refractivity contribution in [3.63, 3.8) is 0 Å². The van der Waals surface area contributed by atoms with Gasteiger partial charge in [-0.1, -0.05) is 0 Å². The van der Waals surface area contributed by atoms with Crippen LogP contribution < -0.4 is 5.32 Å². The number of amides is 1. The fraction of sp³-hybridized carbons (Fsp3) is 0.818. The Labute approximate surface area is 101 Å². The summed E-state index contributed by atoms with van der Waals surface area (Å²) in [5.74, 6) is -0.221. The molecule has 1 heterocycles. The average molecular weight is 244 g/mol. The normalized spacial score (nSPS) is 17.6. The van der Waals surface area contributed by atoms with Crippen LogP contribution in [-0.2, 0) is 19.1 Å². The molecule has 98 valence electrons. The first-order valence-corrected chi connectivity index (χ1v) is 5.82. The van der Waals surface area contributed by atoms with E-state index in [1.165, 1.54) is 7.11 Å². The third kappa shape index (κ3) is 4.70. The Bertz CT molecular complexity index is 264. The van der Waals surface area contributed by atoms with Gasteiger partial charge in [-0.25, -0.2) is 0 Å². The summed E-state index contributed by atoms with van der Waals surface area (Å²) < 4.78 is 9.74. The molecule has 1 aliphatic rings. The number of esters is 1. The van der Waals surface area contributed by atoms with E-state index in [1.54, 1.807) is 11.8 Å². The summed E-state index contributed by atoms with van der Waals surface area (Å²) in [4.78, 5) is 24.6. The molecule has 0 saturated carbocycles. The molecule has 0 spiro atoms. The minimum absolute atomic E-state index is 0.0952. The van der Waals surface area contributed by atoms with Gasteiger partial charge in [0.1, 0.15) is 6.04 Å². The Morgan fingerprint density at radius 2 is 2.06 bits per heavy atom. The smallest absolute Gasteiger partial charge is 0.322 e. The van der Waals surface area contributed by atoms with Crippen molar-refractivity contribution < 1.29 is 19.1 Å². The molecule has 6 heteroatoms. The number of nitrogens with one attached hydrogen (secondary N) is 1. The lowest BCUT2D eigenvalue weighted by molar-refractivity contribution is -0.143. The topological polar surface area (TPSA) is 67.9 Å². The number of nitrogens with zero attached hydrogens (tertiary/aromatic N) is 1. The van der Waals surface area contributed by atoms with E-state index in [2.05, 4.69) is 10.1 Å². The summed E-state index contributed by atoms with van der Waals surface area (Å²) in [6.45, 7) is 4.73. The van der Waals surface area contributed by atoms with Gasteiger partial charge in [-0.15, -0.1) is 0 Å².